The van der Waals surface area contributed by atoms with Gasteiger partial charge in [0.05, 0.1) is 11.3 Å². The van der Waals surface area contributed by atoms with Crippen molar-refractivity contribution in [2.24, 2.45) is 0 Å². The van der Waals surface area contributed by atoms with Crippen LogP contribution in [0.4, 0.5) is 0 Å². The molecule has 2 nitrogen and oxygen atoms in total. The smallest absolute Gasteiger partial charge is 0.101 e. The molecule has 0 N–H and O–H groups in total. The van der Waals surface area contributed by atoms with E-state index in [1.54, 1.807) is 0 Å². The molecule has 2 heteroatoms. The van der Waals surface area contributed by atoms with Crippen molar-refractivity contribution in [1.82, 2.24) is 4.98 Å². The SMILES string of the molecule is CC.Cc1nc(C)c2c(c1C#N)CCCC2C. The van der Waals surface area contributed by atoms with Crippen LogP contribution in [0.2, 0.25) is 0 Å². The van der Waals surface area contributed by atoms with Gasteiger partial charge >= 0.3 is 0 Å². The van der Waals surface area contributed by atoms with Crippen LogP contribution in [-0.4, -0.2) is 4.98 Å². The average molecular weight is 230 g/mol. The van der Waals surface area contributed by atoms with Crippen molar-refractivity contribution in [1.29, 1.82) is 5.26 Å². The Kier molecular flexibility index (Phi) is 4.69. The summed E-state index contributed by atoms with van der Waals surface area (Å²) < 4.78 is 0. The van der Waals surface area contributed by atoms with E-state index in [1.807, 2.05) is 20.8 Å². The summed E-state index contributed by atoms with van der Waals surface area (Å²) in [7, 11) is 0. The number of nitriles is 1. The van der Waals surface area contributed by atoms with Gasteiger partial charge < -0.3 is 0 Å². The van der Waals surface area contributed by atoms with Crippen molar-refractivity contribution >= 4 is 0 Å². The average Bonchev–Trinajstić information content (AvgIpc) is 2.31. The molecule has 0 radical (unpaired) electrons. The number of aromatic nitrogens is 1. The highest BCUT2D eigenvalue weighted by Crippen LogP contribution is 2.35. The molecule has 1 aromatic heterocycles. The lowest BCUT2D eigenvalue weighted by Gasteiger charge is -2.25. The van der Waals surface area contributed by atoms with Crippen LogP contribution in [0.25, 0.3) is 0 Å². The van der Waals surface area contributed by atoms with Crippen LogP contribution in [-0.2, 0) is 6.42 Å². The second-order valence-electron chi connectivity index (χ2n) is 4.45. The van der Waals surface area contributed by atoms with Gasteiger partial charge in [0.25, 0.3) is 0 Å². The number of hydrogen-bond donors (Lipinski definition) is 0. The Morgan fingerprint density at radius 2 is 1.88 bits per heavy atom. The fourth-order valence-corrected chi connectivity index (χ4v) is 2.73. The molecule has 0 aromatic carbocycles. The Labute approximate surface area is 105 Å². The van der Waals surface area contributed by atoms with Crippen LogP contribution in [0.3, 0.4) is 0 Å². The minimum Gasteiger partial charge on any atom is -0.257 e. The van der Waals surface area contributed by atoms with Gasteiger partial charge in [-0.15, -0.1) is 0 Å². The molecular weight excluding hydrogens is 208 g/mol. The molecule has 2 rings (SSSR count). The molecule has 1 atom stereocenters. The molecule has 1 aliphatic rings. The van der Waals surface area contributed by atoms with Gasteiger partial charge in [-0.3, -0.25) is 4.98 Å². The molecule has 1 aliphatic carbocycles. The van der Waals surface area contributed by atoms with Crippen LogP contribution in [0.15, 0.2) is 0 Å². The summed E-state index contributed by atoms with van der Waals surface area (Å²) in [6.07, 6.45) is 3.47. The van der Waals surface area contributed by atoms with Crippen molar-refractivity contribution in [3.8, 4) is 6.07 Å². The lowest BCUT2D eigenvalue weighted by Crippen LogP contribution is -2.13. The van der Waals surface area contributed by atoms with Gasteiger partial charge in [0.2, 0.25) is 0 Å². The van der Waals surface area contributed by atoms with Crippen molar-refractivity contribution in [2.75, 3.05) is 0 Å². The normalized spacial score (nSPS) is 17.5. The maximum absolute atomic E-state index is 9.16. The predicted molar refractivity (Wildman–Crippen MR) is 71.1 cm³/mol. The van der Waals surface area contributed by atoms with E-state index in [2.05, 4.69) is 24.9 Å². The molecule has 0 fully saturated rings. The highest BCUT2D eigenvalue weighted by Gasteiger charge is 2.23. The fraction of sp³-hybridized carbons (Fsp3) is 0.600. The Morgan fingerprint density at radius 3 is 2.47 bits per heavy atom. The van der Waals surface area contributed by atoms with E-state index < -0.39 is 0 Å². The maximum atomic E-state index is 9.16. The number of pyridine rings is 1. The van der Waals surface area contributed by atoms with Gasteiger partial charge in [0.1, 0.15) is 6.07 Å². The Hall–Kier alpha value is -1.36. The molecule has 0 bridgehead atoms. The van der Waals surface area contributed by atoms with E-state index in [4.69, 9.17) is 5.26 Å². The summed E-state index contributed by atoms with van der Waals surface area (Å²) in [5, 5.41) is 9.16. The first kappa shape index (κ1) is 13.7. The highest BCUT2D eigenvalue weighted by atomic mass is 14.7. The van der Waals surface area contributed by atoms with Crippen molar-refractivity contribution < 1.29 is 0 Å². The second kappa shape index (κ2) is 5.82. The highest BCUT2D eigenvalue weighted by molar-refractivity contribution is 5.49. The molecule has 92 valence electrons. The first-order chi connectivity index (χ1) is 8.15. The van der Waals surface area contributed by atoms with Crippen LogP contribution < -0.4 is 0 Å². The fourth-order valence-electron chi connectivity index (χ4n) is 2.73. The minimum atomic E-state index is 0.564. The Morgan fingerprint density at radius 1 is 1.24 bits per heavy atom. The van der Waals surface area contributed by atoms with Gasteiger partial charge in [-0.05, 0) is 50.2 Å². The summed E-state index contributed by atoms with van der Waals surface area (Å²) in [5.74, 6) is 0.564. The molecule has 0 amide bonds. The van der Waals surface area contributed by atoms with E-state index in [0.29, 0.717) is 5.92 Å². The third kappa shape index (κ3) is 2.49. The molecule has 0 saturated carbocycles. The quantitative estimate of drug-likeness (QED) is 0.674. The van der Waals surface area contributed by atoms with Crippen molar-refractivity contribution in [3.63, 3.8) is 0 Å². The molecule has 1 unspecified atom stereocenters. The standard InChI is InChI=1S/C13H16N2.C2H6/c1-8-5-4-6-11-12(7-14)9(2)15-10(3)13(8)11;1-2/h8H,4-6H2,1-3H3;1-2H3. The lowest BCUT2D eigenvalue weighted by molar-refractivity contribution is 0.581. The van der Waals surface area contributed by atoms with Gasteiger partial charge in [-0.25, -0.2) is 0 Å². The first-order valence-corrected chi connectivity index (χ1v) is 6.55. The third-order valence-corrected chi connectivity index (χ3v) is 3.38. The molecule has 0 aliphatic heterocycles. The Balaban J connectivity index is 0.000000686. The number of rotatable bonds is 0. The molecule has 1 aromatic rings. The van der Waals surface area contributed by atoms with Crippen LogP contribution in [0.1, 0.15) is 67.6 Å². The number of aryl methyl sites for hydroxylation is 2. The predicted octanol–water partition coefficient (Wildman–Crippen LogP) is 4.04. The van der Waals surface area contributed by atoms with Gasteiger partial charge in [-0.1, -0.05) is 20.8 Å². The van der Waals surface area contributed by atoms with Gasteiger partial charge in [0.15, 0.2) is 0 Å². The molecule has 0 saturated heterocycles. The second-order valence-corrected chi connectivity index (χ2v) is 4.45. The maximum Gasteiger partial charge on any atom is 0.101 e. The van der Waals surface area contributed by atoms with Gasteiger partial charge in [0, 0.05) is 5.69 Å². The zero-order chi connectivity index (χ0) is 13.0. The lowest BCUT2D eigenvalue weighted by atomic mass is 9.81. The summed E-state index contributed by atoms with van der Waals surface area (Å²) in [6, 6.07) is 2.31. The minimum absolute atomic E-state index is 0.564. The molecule has 1 heterocycles. The van der Waals surface area contributed by atoms with Crippen LogP contribution in [0, 0.1) is 25.2 Å². The van der Waals surface area contributed by atoms with Crippen LogP contribution >= 0.6 is 0 Å². The summed E-state index contributed by atoms with van der Waals surface area (Å²) in [5.41, 5.74) is 5.43. The summed E-state index contributed by atoms with van der Waals surface area (Å²) >= 11 is 0. The van der Waals surface area contributed by atoms with E-state index in [-0.39, 0.29) is 0 Å². The van der Waals surface area contributed by atoms with E-state index in [0.717, 1.165) is 23.4 Å². The van der Waals surface area contributed by atoms with Crippen molar-refractivity contribution in [2.45, 2.75) is 59.8 Å². The zero-order valence-electron chi connectivity index (χ0n) is 11.6. The number of fused-ring (bicyclic) bond motifs is 1. The summed E-state index contributed by atoms with van der Waals surface area (Å²) in [4.78, 5) is 4.49. The molecule has 0 spiro atoms. The molecule has 17 heavy (non-hydrogen) atoms. The van der Waals surface area contributed by atoms with Gasteiger partial charge in [-0.2, -0.15) is 5.26 Å². The molecular formula is C15H22N2. The monoisotopic (exact) mass is 230 g/mol. The van der Waals surface area contributed by atoms with E-state index >= 15 is 0 Å². The number of hydrogen-bond acceptors (Lipinski definition) is 2. The largest absolute Gasteiger partial charge is 0.257 e. The topological polar surface area (TPSA) is 36.7 Å². The van der Waals surface area contributed by atoms with Crippen LogP contribution in [0.5, 0.6) is 0 Å². The number of nitrogens with zero attached hydrogens (tertiary/aromatic N) is 2. The van der Waals surface area contributed by atoms with Crippen molar-refractivity contribution in [3.05, 3.63) is 28.1 Å². The Bertz CT molecular complexity index is 441. The summed E-state index contributed by atoms with van der Waals surface area (Å²) in [6.45, 7) is 10.2. The van der Waals surface area contributed by atoms with E-state index in [9.17, 15) is 0 Å². The zero-order valence-corrected chi connectivity index (χ0v) is 11.6. The van der Waals surface area contributed by atoms with E-state index in [1.165, 1.54) is 24.0 Å². The third-order valence-electron chi connectivity index (χ3n) is 3.38. The first-order valence-electron chi connectivity index (χ1n) is 6.55.